The molecule has 2 heterocycles. The Bertz CT molecular complexity index is 491. The minimum atomic E-state index is -4.63. The number of rotatable bonds is 2. The molecule has 1 aromatic rings. The molecule has 1 aliphatic rings. The first-order valence-corrected chi connectivity index (χ1v) is 6.02. The van der Waals surface area contributed by atoms with Gasteiger partial charge in [0.05, 0.1) is 18.8 Å². The molecular weight excluding hydrogens is 275 g/mol. The van der Waals surface area contributed by atoms with Gasteiger partial charge in [-0.3, -0.25) is 0 Å². The predicted octanol–water partition coefficient (Wildman–Crippen LogP) is 1.40. The number of aromatic nitrogens is 2. The fourth-order valence-electron chi connectivity index (χ4n) is 2.06. The monoisotopic (exact) mass is 291 g/mol. The molecule has 2 rings (SSSR count). The quantitative estimate of drug-likeness (QED) is 0.633. The maximum atomic E-state index is 12.8. The number of hydrogen-bond donors (Lipinski definition) is 2. The van der Waals surface area contributed by atoms with Gasteiger partial charge in [0.25, 0.3) is 0 Å². The first-order chi connectivity index (χ1) is 9.24. The SMILES string of the molecule is CC1(C)COCCN1c1cc(NN)nc(C(F)(F)F)n1. The fourth-order valence-corrected chi connectivity index (χ4v) is 2.06. The lowest BCUT2D eigenvalue weighted by atomic mass is 10.0. The maximum absolute atomic E-state index is 12.8. The van der Waals surface area contributed by atoms with Crippen molar-refractivity contribution in [2.75, 3.05) is 30.1 Å². The second-order valence-electron chi connectivity index (χ2n) is 5.09. The van der Waals surface area contributed by atoms with Crippen LogP contribution in [-0.2, 0) is 10.9 Å². The van der Waals surface area contributed by atoms with Crippen molar-refractivity contribution in [3.8, 4) is 0 Å². The molecule has 1 fully saturated rings. The Hall–Kier alpha value is -1.61. The van der Waals surface area contributed by atoms with Gasteiger partial charge in [0, 0.05) is 12.6 Å². The number of ether oxygens (including phenoxy) is 1. The topological polar surface area (TPSA) is 76.3 Å². The summed E-state index contributed by atoms with van der Waals surface area (Å²) in [7, 11) is 0. The van der Waals surface area contributed by atoms with Crippen LogP contribution in [0.4, 0.5) is 24.8 Å². The van der Waals surface area contributed by atoms with E-state index >= 15 is 0 Å². The zero-order valence-electron chi connectivity index (χ0n) is 11.2. The highest BCUT2D eigenvalue weighted by atomic mass is 19.4. The summed E-state index contributed by atoms with van der Waals surface area (Å²) in [5, 5.41) is 0. The number of alkyl halides is 3. The summed E-state index contributed by atoms with van der Waals surface area (Å²) in [6.45, 7) is 5.03. The van der Waals surface area contributed by atoms with E-state index in [9.17, 15) is 13.2 Å². The van der Waals surface area contributed by atoms with Crippen LogP contribution < -0.4 is 16.2 Å². The van der Waals surface area contributed by atoms with Gasteiger partial charge in [0.1, 0.15) is 11.6 Å². The van der Waals surface area contributed by atoms with E-state index in [-0.39, 0.29) is 11.6 Å². The molecule has 3 N–H and O–H groups in total. The van der Waals surface area contributed by atoms with Gasteiger partial charge in [-0.25, -0.2) is 15.8 Å². The third kappa shape index (κ3) is 2.93. The third-order valence-corrected chi connectivity index (χ3v) is 3.04. The van der Waals surface area contributed by atoms with E-state index in [4.69, 9.17) is 10.6 Å². The van der Waals surface area contributed by atoms with Gasteiger partial charge in [0.15, 0.2) is 0 Å². The predicted molar refractivity (Wildman–Crippen MR) is 67.1 cm³/mol. The number of nitrogens with one attached hydrogen (secondary N) is 1. The number of nitrogens with two attached hydrogens (primary N) is 1. The second kappa shape index (κ2) is 5.06. The van der Waals surface area contributed by atoms with Crippen LogP contribution in [0.1, 0.15) is 19.7 Å². The van der Waals surface area contributed by atoms with Crippen LogP contribution in [0.15, 0.2) is 6.07 Å². The molecule has 0 bridgehead atoms. The smallest absolute Gasteiger partial charge is 0.377 e. The Kier molecular flexibility index (Phi) is 3.74. The molecule has 9 heteroatoms. The lowest BCUT2D eigenvalue weighted by molar-refractivity contribution is -0.144. The third-order valence-electron chi connectivity index (χ3n) is 3.04. The van der Waals surface area contributed by atoms with E-state index in [2.05, 4.69) is 15.4 Å². The molecule has 0 unspecified atom stereocenters. The van der Waals surface area contributed by atoms with Crippen LogP contribution in [0.2, 0.25) is 0 Å². The van der Waals surface area contributed by atoms with Crippen LogP contribution in [0.25, 0.3) is 0 Å². The standard InChI is InChI=1S/C11H16F3N5O/c1-10(2)6-20-4-3-19(10)8-5-7(18-15)16-9(17-8)11(12,13)14/h5H,3-4,6,15H2,1-2H3,(H,16,17,18). The Morgan fingerprint density at radius 2 is 2.10 bits per heavy atom. The minimum Gasteiger partial charge on any atom is -0.377 e. The molecule has 6 nitrogen and oxygen atoms in total. The summed E-state index contributed by atoms with van der Waals surface area (Å²) in [6, 6.07) is 1.39. The molecule has 0 aromatic carbocycles. The molecule has 1 aliphatic heterocycles. The molecule has 1 saturated heterocycles. The van der Waals surface area contributed by atoms with E-state index in [1.54, 1.807) is 4.90 Å². The first kappa shape index (κ1) is 14.8. The lowest BCUT2D eigenvalue weighted by Crippen LogP contribution is -2.53. The van der Waals surface area contributed by atoms with Crippen molar-refractivity contribution in [1.29, 1.82) is 0 Å². The number of nitrogens with zero attached hydrogens (tertiary/aromatic N) is 3. The maximum Gasteiger partial charge on any atom is 0.451 e. The summed E-state index contributed by atoms with van der Waals surface area (Å²) in [6.07, 6.45) is -4.63. The molecule has 0 saturated carbocycles. The fraction of sp³-hybridized carbons (Fsp3) is 0.636. The van der Waals surface area contributed by atoms with Crippen molar-refractivity contribution in [2.24, 2.45) is 5.84 Å². The van der Waals surface area contributed by atoms with Crippen LogP contribution in [0.3, 0.4) is 0 Å². The van der Waals surface area contributed by atoms with Gasteiger partial charge in [0.2, 0.25) is 5.82 Å². The van der Waals surface area contributed by atoms with E-state index in [1.165, 1.54) is 6.07 Å². The van der Waals surface area contributed by atoms with Crippen molar-refractivity contribution < 1.29 is 17.9 Å². The Morgan fingerprint density at radius 1 is 1.40 bits per heavy atom. The van der Waals surface area contributed by atoms with Gasteiger partial charge in [-0.2, -0.15) is 13.2 Å². The summed E-state index contributed by atoms with van der Waals surface area (Å²) in [5.41, 5.74) is 1.68. The molecule has 0 atom stereocenters. The zero-order chi connectivity index (χ0) is 15.0. The van der Waals surface area contributed by atoms with E-state index in [0.717, 1.165) is 0 Å². The van der Waals surface area contributed by atoms with Crippen molar-refractivity contribution in [1.82, 2.24) is 9.97 Å². The first-order valence-electron chi connectivity index (χ1n) is 6.02. The van der Waals surface area contributed by atoms with Gasteiger partial charge in [-0.1, -0.05) is 0 Å². The Balaban J connectivity index is 2.45. The van der Waals surface area contributed by atoms with E-state index in [1.807, 2.05) is 13.8 Å². The van der Waals surface area contributed by atoms with Crippen LogP contribution >= 0.6 is 0 Å². The molecule has 0 aliphatic carbocycles. The average Bonchev–Trinajstić information content (AvgIpc) is 2.36. The summed E-state index contributed by atoms with van der Waals surface area (Å²) < 4.78 is 43.8. The molecule has 0 amide bonds. The van der Waals surface area contributed by atoms with Crippen LogP contribution in [0.5, 0.6) is 0 Å². The minimum absolute atomic E-state index is 0.0791. The van der Waals surface area contributed by atoms with E-state index in [0.29, 0.717) is 19.8 Å². The van der Waals surface area contributed by atoms with E-state index < -0.39 is 17.5 Å². The summed E-state index contributed by atoms with van der Waals surface area (Å²) >= 11 is 0. The van der Waals surface area contributed by atoms with Crippen molar-refractivity contribution in [3.63, 3.8) is 0 Å². The molecule has 1 aromatic heterocycles. The molecule has 0 radical (unpaired) electrons. The van der Waals surface area contributed by atoms with Crippen molar-refractivity contribution >= 4 is 11.6 Å². The van der Waals surface area contributed by atoms with Crippen molar-refractivity contribution in [2.45, 2.75) is 25.6 Å². The summed E-state index contributed by atoms with van der Waals surface area (Å²) in [5.74, 6) is 4.06. The highest BCUT2D eigenvalue weighted by Crippen LogP contribution is 2.31. The number of halogens is 3. The van der Waals surface area contributed by atoms with Gasteiger partial charge in [-0.05, 0) is 13.8 Å². The zero-order valence-corrected chi connectivity index (χ0v) is 11.2. The number of hydrazine groups is 1. The number of morpholine rings is 1. The molecular formula is C11H16F3N5O. The largest absolute Gasteiger partial charge is 0.451 e. The molecule has 112 valence electrons. The summed E-state index contributed by atoms with van der Waals surface area (Å²) in [4.78, 5) is 8.70. The Morgan fingerprint density at radius 3 is 2.65 bits per heavy atom. The normalized spacial score (nSPS) is 19.0. The van der Waals surface area contributed by atoms with Crippen LogP contribution in [-0.4, -0.2) is 35.3 Å². The van der Waals surface area contributed by atoms with Gasteiger partial charge >= 0.3 is 6.18 Å². The van der Waals surface area contributed by atoms with Crippen molar-refractivity contribution in [3.05, 3.63) is 11.9 Å². The second-order valence-corrected chi connectivity index (χ2v) is 5.09. The highest BCUT2D eigenvalue weighted by molar-refractivity contribution is 5.51. The van der Waals surface area contributed by atoms with Gasteiger partial charge < -0.3 is 15.1 Å². The lowest BCUT2D eigenvalue weighted by Gasteiger charge is -2.43. The number of hydrogen-bond acceptors (Lipinski definition) is 6. The number of nitrogen functional groups attached to an aromatic ring is 1. The average molecular weight is 291 g/mol. The van der Waals surface area contributed by atoms with Gasteiger partial charge in [-0.15, -0.1) is 0 Å². The molecule has 0 spiro atoms. The molecule has 20 heavy (non-hydrogen) atoms. The Labute approximate surface area is 114 Å². The van der Waals surface area contributed by atoms with Crippen LogP contribution in [0, 0.1) is 0 Å². The highest BCUT2D eigenvalue weighted by Gasteiger charge is 2.38. The number of anilines is 2.